The van der Waals surface area contributed by atoms with E-state index in [1.807, 2.05) is 6.07 Å². The lowest BCUT2D eigenvalue weighted by Gasteiger charge is -2.51. The summed E-state index contributed by atoms with van der Waals surface area (Å²) in [6.07, 6.45) is 0.277. The molecule has 0 radical (unpaired) electrons. The van der Waals surface area contributed by atoms with Crippen molar-refractivity contribution in [3.63, 3.8) is 0 Å². The molecule has 60 heavy (non-hydrogen) atoms. The van der Waals surface area contributed by atoms with E-state index in [4.69, 9.17) is 52.3 Å². The Kier molecular flexibility index (Phi) is 15.3. The molecule has 0 bridgehead atoms. The Balaban J connectivity index is 1.41. The molecule has 3 fully saturated rings. The fourth-order valence-corrected chi connectivity index (χ4v) is 22.2. The molecule has 0 spiro atoms. The molecule has 18 nitrogen and oxygen atoms in total. The van der Waals surface area contributed by atoms with Crippen LogP contribution in [-0.4, -0.2) is 96.9 Å². The van der Waals surface area contributed by atoms with E-state index in [1.165, 1.54) is 23.4 Å². The largest absolute Gasteiger partial charge is 0.695 e. The number of halogens is 1. The molecule has 9 atom stereocenters. The first-order valence-corrected chi connectivity index (χ1v) is 27.7. The summed E-state index contributed by atoms with van der Waals surface area (Å²) >= 11 is 6.12. The van der Waals surface area contributed by atoms with Crippen LogP contribution in [0.2, 0.25) is 22.2 Å². The van der Waals surface area contributed by atoms with Gasteiger partial charge in [0.2, 0.25) is 5.88 Å². The van der Waals surface area contributed by atoms with Crippen molar-refractivity contribution in [3.8, 4) is 11.9 Å². The highest BCUT2D eigenvalue weighted by molar-refractivity contribution is 8.07. The maximum absolute atomic E-state index is 15.7. The highest BCUT2D eigenvalue weighted by Gasteiger charge is 2.63. The standard InChI is InChI=1S/C36H53FN6O12P2SSi2/c1-21(2)59(22(3)4)49-18-29-32(54-60(55-59,23(5)6)24(7)8)33(36(51-29)43-16-27(37)31-34(43)41-20-42-35(31)44)53-57(58,47-13-9-11-38)48-17-25-14-26(15-28(25)52-56(45)46)50-30-10-12-39-19-40-30/h10,12,16,19-26,28-29,32-33,36H,9,13-15,17-18H2,1-8H3,(H-,41,42,44,45,46)/p+1/t25-,26-,28+,29-,32-,33-,36-,57?/m1/s1. The lowest BCUT2D eigenvalue weighted by Crippen LogP contribution is -2.65. The fourth-order valence-electron chi connectivity index (χ4n) is 8.41. The molecule has 3 aliphatic rings. The fraction of sp³-hybridized carbons (Fsp3) is 0.694. The maximum atomic E-state index is 15.7. The van der Waals surface area contributed by atoms with Crippen LogP contribution >= 0.6 is 15.0 Å². The van der Waals surface area contributed by atoms with Gasteiger partial charge < -0.3 is 41.0 Å². The van der Waals surface area contributed by atoms with Crippen molar-refractivity contribution in [2.45, 2.75) is 134 Å². The number of nitriles is 1. The van der Waals surface area contributed by atoms with E-state index in [-0.39, 0.29) is 65.9 Å². The number of fused-ring (bicyclic) bond motifs is 2. The third-order valence-electron chi connectivity index (χ3n) is 11.3. The molecule has 6 rings (SSSR count). The van der Waals surface area contributed by atoms with Crippen molar-refractivity contribution in [2.75, 3.05) is 19.8 Å². The van der Waals surface area contributed by atoms with Gasteiger partial charge in [0.1, 0.15) is 42.2 Å². The van der Waals surface area contributed by atoms with E-state index in [2.05, 4.69) is 75.3 Å². The van der Waals surface area contributed by atoms with E-state index in [9.17, 15) is 19.5 Å². The molecule has 0 amide bonds. The molecule has 330 valence electrons. The summed E-state index contributed by atoms with van der Waals surface area (Å²) in [5.74, 6) is -1.04. The summed E-state index contributed by atoms with van der Waals surface area (Å²) in [4.78, 5) is 37.4. The van der Waals surface area contributed by atoms with Crippen molar-refractivity contribution in [1.29, 1.82) is 5.26 Å². The molecule has 2 unspecified atom stereocenters. The van der Waals surface area contributed by atoms with Crippen molar-refractivity contribution >= 4 is 54.9 Å². The number of rotatable bonds is 17. The number of aromatic amines is 1. The van der Waals surface area contributed by atoms with Gasteiger partial charge >= 0.3 is 32.1 Å². The van der Waals surface area contributed by atoms with Crippen molar-refractivity contribution in [1.82, 2.24) is 24.5 Å². The molecule has 3 aromatic heterocycles. The number of hydrogen-bond donors (Lipinski definition) is 2. The monoisotopic (exact) mass is 931 g/mol. The lowest BCUT2D eigenvalue weighted by atomic mass is 10.1. The molecular formula is C36H54FN6O12P2SSi2+. The number of nitrogens with one attached hydrogen (secondary N) is 1. The summed E-state index contributed by atoms with van der Waals surface area (Å²) in [6.45, 7) is 12.4. The molecule has 2 saturated heterocycles. The Bertz CT molecular complexity index is 2100. The quantitative estimate of drug-likeness (QED) is 0.0794. The summed E-state index contributed by atoms with van der Waals surface area (Å²) in [5.41, 5.74) is -0.795. The number of ether oxygens (including phenoxy) is 2. The van der Waals surface area contributed by atoms with Crippen LogP contribution in [-0.2, 0) is 52.2 Å². The minimum absolute atomic E-state index is 0.0102. The third kappa shape index (κ3) is 9.85. The summed E-state index contributed by atoms with van der Waals surface area (Å²) < 4.78 is 88.5. The van der Waals surface area contributed by atoms with Gasteiger partial charge in [-0.15, -0.1) is 9.42 Å². The minimum Gasteiger partial charge on any atom is -0.474 e. The van der Waals surface area contributed by atoms with Gasteiger partial charge in [-0.05, 0) is 40.4 Å². The molecule has 2 N–H and O–H groups in total. The zero-order valence-electron chi connectivity index (χ0n) is 34.8. The van der Waals surface area contributed by atoms with E-state index < -0.39 is 86.1 Å². The number of hydrogen-bond acceptors (Lipinski definition) is 16. The first kappa shape index (κ1) is 47.0. The molecule has 5 heterocycles. The average molecular weight is 932 g/mol. The Hall–Kier alpha value is -2.46. The predicted octanol–water partition coefficient (Wildman–Crippen LogP) is 6.96. The molecule has 0 aromatic carbocycles. The van der Waals surface area contributed by atoms with Crippen LogP contribution in [0.25, 0.3) is 11.0 Å². The van der Waals surface area contributed by atoms with Gasteiger partial charge in [-0.2, -0.15) is 5.26 Å². The topological polar surface area (TPSA) is 221 Å². The SMILES string of the molecule is CC(C)[Si]1(C(C)C)OC[C@H]2O[C@@H](n3cc(F)c4c(=O)[nH]cnc43)[C@H](OP(=S)(OCCC#N)OC[C@H]3C[C@@H](Oc4ccncn4)C[C@@H]3O[P+](=O)O)[C@@H]2O[Si](C(C)C)(C(C)C)O1. The van der Waals surface area contributed by atoms with Crippen LogP contribution in [0.15, 0.2) is 35.9 Å². The maximum Gasteiger partial charge on any atom is 0.695 e. The van der Waals surface area contributed by atoms with Crippen LogP contribution in [0.3, 0.4) is 0 Å². The molecule has 2 aliphatic heterocycles. The zero-order chi connectivity index (χ0) is 43.6. The summed E-state index contributed by atoms with van der Waals surface area (Å²) in [6, 6.07) is 3.64. The first-order valence-electron chi connectivity index (χ1n) is 20.0. The molecule has 1 saturated carbocycles. The van der Waals surface area contributed by atoms with Crippen LogP contribution in [0.4, 0.5) is 4.39 Å². The highest BCUT2D eigenvalue weighted by Crippen LogP contribution is 2.57. The van der Waals surface area contributed by atoms with Gasteiger partial charge in [-0.3, -0.25) is 9.32 Å². The second-order valence-electron chi connectivity index (χ2n) is 16.4. The predicted molar refractivity (Wildman–Crippen MR) is 223 cm³/mol. The zero-order valence-corrected chi connectivity index (χ0v) is 39.4. The Morgan fingerprint density at radius 1 is 1.12 bits per heavy atom. The van der Waals surface area contributed by atoms with Crippen LogP contribution in [0.5, 0.6) is 5.88 Å². The number of H-pyrrole nitrogens is 1. The second-order valence-corrected chi connectivity index (χ2v) is 28.9. The van der Waals surface area contributed by atoms with E-state index in [0.29, 0.717) is 12.3 Å². The van der Waals surface area contributed by atoms with Crippen molar-refractivity contribution in [2.24, 2.45) is 5.92 Å². The van der Waals surface area contributed by atoms with Gasteiger partial charge in [-0.1, -0.05) is 55.4 Å². The van der Waals surface area contributed by atoms with Gasteiger partial charge in [0, 0.05) is 35.4 Å². The van der Waals surface area contributed by atoms with Crippen LogP contribution < -0.4 is 10.3 Å². The van der Waals surface area contributed by atoms with Crippen LogP contribution in [0, 0.1) is 23.1 Å². The van der Waals surface area contributed by atoms with Crippen LogP contribution in [0.1, 0.15) is 80.9 Å². The molecular weight excluding hydrogens is 878 g/mol. The minimum atomic E-state index is -3.94. The normalized spacial score (nSPS) is 27.8. The van der Waals surface area contributed by atoms with E-state index in [0.717, 1.165) is 6.20 Å². The average Bonchev–Trinajstić information content (AvgIpc) is 3.82. The Morgan fingerprint density at radius 3 is 2.47 bits per heavy atom. The molecule has 24 heteroatoms. The second kappa shape index (κ2) is 19.5. The smallest absolute Gasteiger partial charge is 0.474 e. The Labute approximate surface area is 356 Å². The lowest BCUT2D eigenvalue weighted by molar-refractivity contribution is -0.0568. The molecule has 3 aromatic rings. The van der Waals surface area contributed by atoms with Crippen molar-refractivity contribution in [3.05, 3.63) is 47.3 Å². The third-order valence-corrected chi connectivity index (χ3v) is 24.3. The Morgan fingerprint density at radius 2 is 1.83 bits per heavy atom. The summed E-state index contributed by atoms with van der Waals surface area (Å²) in [5, 5.41) is 9.19. The summed E-state index contributed by atoms with van der Waals surface area (Å²) in [7, 11) is -9.34. The first-order chi connectivity index (χ1) is 28.4. The van der Waals surface area contributed by atoms with Gasteiger partial charge in [0.25, 0.3) is 5.56 Å². The van der Waals surface area contributed by atoms with Crippen molar-refractivity contribution < 1.29 is 54.4 Å². The molecule has 1 aliphatic carbocycles. The number of aromatic nitrogens is 5. The highest BCUT2D eigenvalue weighted by atomic mass is 32.5. The van der Waals surface area contributed by atoms with Gasteiger partial charge in [0.05, 0.1) is 38.6 Å². The van der Waals surface area contributed by atoms with Gasteiger partial charge in [0.15, 0.2) is 17.7 Å². The van der Waals surface area contributed by atoms with E-state index >= 15 is 4.39 Å². The van der Waals surface area contributed by atoms with E-state index in [1.54, 1.807) is 6.07 Å². The number of nitrogens with zero attached hydrogens (tertiary/aromatic N) is 5. The van der Waals surface area contributed by atoms with Gasteiger partial charge in [-0.25, -0.2) is 19.3 Å².